The van der Waals surface area contributed by atoms with Gasteiger partial charge in [0.2, 0.25) is 5.82 Å². The summed E-state index contributed by atoms with van der Waals surface area (Å²) in [5.74, 6) is 0.259. The van der Waals surface area contributed by atoms with Gasteiger partial charge in [0, 0.05) is 24.4 Å². The van der Waals surface area contributed by atoms with Crippen LogP contribution in [0.25, 0.3) is 0 Å². The Kier molecular flexibility index (Phi) is 3.96. The first-order valence-corrected chi connectivity index (χ1v) is 6.28. The van der Waals surface area contributed by atoms with Gasteiger partial charge in [0.15, 0.2) is 0 Å². The van der Waals surface area contributed by atoms with Gasteiger partial charge < -0.3 is 15.8 Å². The highest BCUT2D eigenvalue weighted by Crippen LogP contribution is 2.29. The SMILES string of the molecule is CCOC1CC(N)C1Nc1nc(C)ccc1[N+](=O)[O-]. The molecule has 0 bridgehead atoms. The second-order valence-electron chi connectivity index (χ2n) is 4.64. The van der Waals surface area contributed by atoms with Gasteiger partial charge in [-0.1, -0.05) is 0 Å². The van der Waals surface area contributed by atoms with Crippen LogP contribution in [0.4, 0.5) is 11.5 Å². The van der Waals surface area contributed by atoms with E-state index in [0.717, 1.165) is 6.42 Å². The van der Waals surface area contributed by atoms with Crippen molar-refractivity contribution in [3.63, 3.8) is 0 Å². The molecule has 1 heterocycles. The molecule has 1 aromatic heterocycles. The molecule has 1 saturated carbocycles. The predicted octanol–water partition coefficient (Wildman–Crippen LogP) is 1.21. The summed E-state index contributed by atoms with van der Waals surface area (Å²) in [7, 11) is 0. The largest absolute Gasteiger partial charge is 0.376 e. The molecule has 3 unspecified atom stereocenters. The van der Waals surface area contributed by atoms with Crippen molar-refractivity contribution in [2.75, 3.05) is 11.9 Å². The highest BCUT2D eigenvalue weighted by atomic mass is 16.6. The van der Waals surface area contributed by atoms with Crippen LogP contribution in [0.15, 0.2) is 12.1 Å². The summed E-state index contributed by atoms with van der Waals surface area (Å²) in [4.78, 5) is 14.7. The molecule has 3 N–H and O–H groups in total. The zero-order valence-corrected chi connectivity index (χ0v) is 11.0. The Hall–Kier alpha value is -1.73. The van der Waals surface area contributed by atoms with Crippen molar-refractivity contribution in [3.8, 4) is 0 Å². The summed E-state index contributed by atoms with van der Waals surface area (Å²) in [6.45, 7) is 4.29. The molecule has 2 rings (SSSR count). The van der Waals surface area contributed by atoms with E-state index in [1.54, 1.807) is 13.0 Å². The summed E-state index contributed by atoms with van der Waals surface area (Å²) >= 11 is 0. The van der Waals surface area contributed by atoms with Gasteiger partial charge in [-0.25, -0.2) is 4.98 Å². The number of aromatic nitrogens is 1. The summed E-state index contributed by atoms with van der Waals surface area (Å²) < 4.78 is 5.52. The number of nitrogens with one attached hydrogen (secondary N) is 1. The number of aryl methyl sites for hydroxylation is 1. The van der Waals surface area contributed by atoms with Crippen LogP contribution in [0.5, 0.6) is 0 Å². The van der Waals surface area contributed by atoms with Crippen molar-refractivity contribution in [2.45, 2.75) is 38.5 Å². The predicted molar refractivity (Wildman–Crippen MR) is 71.0 cm³/mol. The monoisotopic (exact) mass is 266 g/mol. The van der Waals surface area contributed by atoms with Crippen LogP contribution in [0.3, 0.4) is 0 Å². The smallest absolute Gasteiger partial charge is 0.311 e. The topological polar surface area (TPSA) is 103 Å². The summed E-state index contributed by atoms with van der Waals surface area (Å²) in [6.07, 6.45) is 0.743. The molecule has 19 heavy (non-hydrogen) atoms. The van der Waals surface area contributed by atoms with Gasteiger partial charge in [-0.05, 0) is 26.3 Å². The minimum absolute atomic E-state index is 0.0121. The lowest BCUT2D eigenvalue weighted by Crippen LogP contribution is -2.60. The molecule has 7 nitrogen and oxygen atoms in total. The van der Waals surface area contributed by atoms with E-state index in [2.05, 4.69) is 10.3 Å². The maximum Gasteiger partial charge on any atom is 0.311 e. The number of nitro groups is 1. The Balaban J connectivity index is 2.18. The summed E-state index contributed by atoms with van der Waals surface area (Å²) in [5.41, 5.74) is 6.59. The van der Waals surface area contributed by atoms with Crippen molar-refractivity contribution in [1.82, 2.24) is 4.98 Å². The van der Waals surface area contributed by atoms with Crippen molar-refractivity contribution >= 4 is 11.5 Å². The lowest BCUT2D eigenvalue weighted by Gasteiger charge is -2.42. The van der Waals surface area contributed by atoms with Gasteiger partial charge in [0.1, 0.15) is 0 Å². The normalized spacial score (nSPS) is 25.7. The maximum atomic E-state index is 11.0. The third kappa shape index (κ3) is 2.82. The molecule has 104 valence electrons. The minimum Gasteiger partial charge on any atom is -0.376 e. The standard InChI is InChI=1S/C12H18N4O3/c1-3-19-10-6-8(13)11(10)15-12-9(16(17)18)5-4-7(2)14-12/h4-5,8,10-11H,3,6,13H2,1-2H3,(H,14,15). The zero-order valence-electron chi connectivity index (χ0n) is 11.0. The van der Waals surface area contributed by atoms with E-state index in [9.17, 15) is 10.1 Å². The first-order chi connectivity index (χ1) is 9.02. The zero-order chi connectivity index (χ0) is 14.0. The minimum atomic E-state index is -0.450. The first kappa shape index (κ1) is 13.7. The second kappa shape index (κ2) is 5.50. The van der Waals surface area contributed by atoms with Crippen LogP contribution in [-0.4, -0.2) is 34.7 Å². The number of ether oxygens (including phenoxy) is 1. The molecule has 0 aromatic carbocycles. The quantitative estimate of drug-likeness (QED) is 0.613. The van der Waals surface area contributed by atoms with Gasteiger partial charge in [-0.3, -0.25) is 10.1 Å². The van der Waals surface area contributed by atoms with Gasteiger partial charge in [0.25, 0.3) is 0 Å². The van der Waals surface area contributed by atoms with Gasteiger partial charge in [-0.15, -0.1) is 0 Å². The fraction of sp³-hybridized carbons (Fsp3) is 0.583. The van der Waals surface area contributed by atoms with Crippen molar-refractivity contribution in [2.24, 2.45) is 5.73 Å². The fourth-order valence-electron chi connectivity index (χ4n) is 2.19. The summed E-state index contributed by atoms with van der Waals surface area (Å²) in [5, 5.41) is 14.0. The Morgan fingerprint density at radius 1 is 1.63 bits per heavy atom. The average molecular weight is 266 g/mol. The van der Waals surface area contributed by atoms with E-state index in [4.69, 9.17) is 10.5 Å². The van der Waals surface area contributed by atoms with E-state index in [0.29, 0.717) is 12.3 Å². The Bertz CT molecular complexity index is 478. The van der Waals surface area contributed by atoms with Gasteiger partial charge >= 0.3 is 5.69 Å². The highest BCUT2D eigenvalue weighted by Gasteiger charge is 2.40. The molecule has 0 aliphatic heterocycles. The number of anilines is 1. The number of pyridine rings is 1. The molecule has 0 spiro atoms. The second-order valence-corrected chi connectivity index (χ2v) is 4.64. The van der Waals surface area contributed by atoms with Crippen LogP contribution in [0, 0.1) is 17.0 Å². The van der Waals surface area contributed by atoms with E-state index >= 15 is 0 Å². The Morgan fingerprint density at radius 2 is 2.37 bits per heavy atom. The van der Waals surface area contributed by atoms with Crippen molar-refractivity contribution in [1.29, 1.82) is 0 Å². The van der Waals surface area contributed by atoms with Crippen LogP contribution < -0.4 is 11.1 Å². The Labute approximate surface area is 111 Å². The molecule has 0 amide bonds. The molecule has 0 radical (unpaired) electrons. The third-order valence-corrected chi connectivity index (χ3v) is 3.26. The molecule has 1 aliphatic rings. The maximum absolute atomic E-state index is 11.0. The van der Waals surface area contributed by atoms with Crippen LogP contribution in [0.2, 0.25) is 0 Å². The number of nitrogens with two attached hydrogens (primary N) is 1. The highest BCUT2D eigenvalue weighted by molar-refractivity contribution is 5.57. The van der Waals surface area contributed by atoms with Crippen LogP contribution in [0.1, 0.15) is 19.0 Å². The summed E-state index contributed by atoms with van der Waals surface area (Å²) in [6, 6.07) is 2.86. The lowest BCUT2D eigenvalue weighted by molar-refractivity contribution is -0.384. The van der Waals surface area contributed by atoms with Crippen molar-refractivity contribution < 1.29 is 9.66 Å². The number of nitrogens with zero attached hydrogens (tertiary/aromatic N) is 2. The fourth-order valence-corrected chi connectivity index (χ4v) is 2.19. The Morgan fingerprint density at radius 3 is 2.95 bits per heavy atom. The molecule has 1 fully saturated rings. The van der Waals surface area contributed by atoms with Gasteiger partial charge in [-0.2, -0.15) is 0 Å². The van der Waals surface area contributed by atoms with E-state index < -0.39 is 4.92 Å². The van der Waals surface area contributed by atoms with E-state index in [1.165, 1.54) is 6.07 Å². The molecule has 1 aromatic rings. The number of hydrogen-bond donors (Lipinski definition) is 2. The van der Waals surface area contributed by atoms with E-state index in [1.807, 2.05) is 6.92 Å². The molecule has 7 heteroatoms. The number of rotatable bonds is 5. The average Bonchev–Trinajstić information content (AvgIpc) is 2.35. The third-order valence-electron chi connectivity index (χ3n) is 3.26. The van der Waals surface area contributed by atoms with Crippen LogP contribution in [-0.2, 0) is 4.74 Å². The number of hydrogen-bond acceptors (Lipinski definition) is 6. The molecule has 1 aliphatic carbocycles. The van der Waals surface area contributed by atoms with Crippen LogP contribution >= 0.6 is 0 Å². The molecular formula is C12H18N4O3. The molecular weight excluding hydrogens is 248 g/mol. The van der Waals surface area contributed by atoms with Crippen molar-refractivity contribution in [3.05, 3.63) is 27.9 Å². The van der Waals surface area contributed by atoms with Gasteiger partial charge in [0.05, 0.1) is 17.1 Å². The lowest BCUT2D eigenvalue weighted by atomic mass is 9.83. The van der Waals surface area contributed by atoms with E-state index in [-0.39, 0.29) is 29.7 Å². The molecule has 0 saturated heterocycles. The first-order valence-electron chi connectivity index (χ1n) is 6.28. The molecule has 3 atom stereocenters.